The van der Waals surface area contributed by atoms with E-state index in [1.54, 1.807) is 49.3 Å². The lowest BCUT2D eigenvalue weighted by Crippen LogP contribution is -2.33. The molecule has 2 aromatic rings. The molecule has 0 saturated carbocycles. The first-order valence-corrected chi connectivity index (χ1v) is 8.18. The lowest BCUT2D eigenvalue weighted by atomic mass is 9.77. The zero-order chi connectivity index (χ0) is 19.0. The molecule has 0 N–H and O–H groups in total. The third-order valence-electron chi connectivity index (χ3n) is 4.46. The molecule has 0 radical (unpaired) electrons. The van der Waals surface area contributed by atoms with Crippen molar-refractivity contribution in [2.75, 3.05) is 14.1 Å². The van der Waals surface area contributed by atoms with Gasteiger partial charge in [0.1, 0.15) is 11.6 Å². The molecule has 1 unspecified atom stereocenters. The Hall–Kier alpha value is -3.08. The van der Waals surface area contributed by atoms with Crippen LogP contribution in [0.3, 0.4) is 0 Å². The molecule has 3 rings (SSSR count). The van der Waals surface area contributed by atoms with Gasteiger partial charge in [-0.3, -0.25) is 14.4 Å². The number of halogens is 1. The number of nitrogens with zero attached hydrogens (tertiary/aromatic N) is 1. The van der Waals surface area contributed by atoms with Crippen molar-refractivity contribution in [3.63, 3.8) is 0 Å². The van der Waals surface area contributed by atoms with Crippen molar-refractivity contribution in [3.05, 3.63) is 82.3 Å². The predicted molar refractivity (Wildman–Crippen MR) is 95.6 cm³/mol. The first-order chi connectivity index (χ1) is 12.3. The van der Waals surface area contributed by atoms with Gasteiger partial charge in [-0.15, -0.1) is 0 Å². The van der Waals surface area contributed by atoms with Crippen molar-refractivity contribution >= 4 is 17.3 Å². The summed E-state index contributed by atoms with van der Waals surface area (Å²) >= 11 is 0. The first kappa shape index (κ1) is 17.7. The molecule has 0 fully saturated rings. The van der Waals surface area contributed by atoms with E-state index in [-0.39, 0.29) is 34.2 Å². The second-order valence-corrected chi connectivity index (χ2v) is 6.46. The zero-order valence-corrected chi connectivity index (χ0v) is 14.7. The molecule has 0 aliphatic heterocycles. The van der Waals surface area contributed by atoms with Crippen molar-refractivity contribution in [2.24, 2.45) is 0 Å². The molecule has 2 aromatic carbocycles. The van der Waals surface area contributed by atoms with Gasteiger partial charge in [0.25, 0.3) is 0 Å². The average molecular weight is 351 g/mol. The SMILES string of the molecule is CC(=O)C(C1=C(N(C)C)C(=O)c2ccccc2C1=O)c1cccc(F)c1. The summed E-state index contributed by atoms with van der Waals surface area (Å²) in [6.45, 7) is 1.34. The molecular formula is C21H18FNO3. The number of carbonyl (C=O) groups is 3. The van der Waals surface area contributed by atoms with Crippen LogP contribution in [0.1, 0.15) is 39.1 Å². The van der Waals surface area contributed by atoms with Gasteiger partial charge in [0.15, 0.2) is 5.78 Å². The molecular weight excluding hydrogens is 333 g/mol. The summed E-state index contributed by atoms with van der Waals surface area (Å²) < 4.78 is 13.7. The Morgan fingerprint density at radius 1 is 0.962 bits per heavy atom. The summed E-state index contributed by atoms with van der Waals surface area (Å²) in [7, 11) is 3.30. The Bertz CT molecular complexity index is 959. The molecule has 0 bridgehead atoms. The van der Waals surface area contributed by atoms with E-state index in [4.69, 9.17) is 0 Å². The van der Waals surface area contributed by atoms with Gasteiger partial charge >= 0.3 is 0 Å². The fourth-order valence-corrected chi connectivity index (χ4v) is 3.38. The minimum absolute atomic E-state index is 0.0943. The summed E-state index contributed by atoms with van der Waals surface area (Å²) in [5, 5.41) is 0. The maximum Gasteiger partial charge on any atom is 0.210 e. The fraction of sp³-hybridized carbons (Fsp3) is 0.190. The summed E-state index contributed by atoms with van der Waals surface area (Å²) in [6.07, 6.45) is 0. The number of hydrogen-bond acceptors (Lipinski definition) is 4. The maximum atomic E-state index is 13.7. The number of allylic oxidation sites excluding steroid dienone is 2. The highest BCUT2D eigenvalue weighted by Crippen LogP contribution is 2.37. The van der Waals surface area contributed by atoms with E-state index in [0.29, 0.717) is 11.1 Å². The molecule has 1 aliphatic rings. The number of carbonyl (C=O) groups excluding carboxylic acids is 3. The van der Waals surface area contributed by atoms with Crippen LogP contribution in [0.25, 0.3) is 0 Å². The highest BCUT2D eigenvalue weighted by atomic mass is 19.1. The molecule has 4 nitrogen and oxygen atoms in total. The van der Waals surface area contributed by atoms with Crippen LogP contribution < -0.4 is 0 Å². The molecule has 0 saturated heterocycles. The van der Waals surface area contributed by atoms with E-state index in [0.717, 1.165) is 0 Å². The molecule has 1 aliphatic carbocycles. The van der Waals surface area contributed by atoms with E-state index in [1.807, 2.05) is 0 Å². The van der Waals surface area contributed by atoms with Crippen LogP contribution in [-0.4, -0.2) is 36.3 Å². The second kappa shape index (κ2) is 6.67. The Morgan fingerprint density at radius 3 is 2.12 bits per heavy atom. The molecule has 0 aromatic heterocycles. The highest BCUT2D eigenvalue weighted by Gasteiger charge is 2.39. The van der Waals surface area contributed by atoms with Gasteiger partial charge in [-0.1, -0.05) is 36.4 Å². The van der Waals surface area contributed by atoms with Crippen LogP contribution in [-0.2, 0) is 4.79 Å². The highest BCUT2D eigenvalue weighted by molar-refractivity contribution is 6.28. The van der Waals surface area contributed by atoms with Crippen LogP contribution in [0.4, 0.5) is 4.39 Å². The van der Waals surface area contributed by atoms with Crippen LogP contribution in [0.5, 0.6) is 0 Å². The predicted octanol–water partition coefficient (Wildman–Crippen LogP) is 3.39. The molecule has 0 heterocycles. The smallest absolute Gasteiger partial charge is 0.210 e. The Labute approximate surface area is 150 Å². The Balaban J connectivity index is 2.30. The lowest BCUT2D eigenvalue weighted by Gasteiger charge is -2.29. The average Bonchev–Trinajstić information content (AvgIpc) is 2.59. The Kier molecular flexibility index (Phi) is 4.55. The van der Waals surface area contributed by atoms with Gasteiger partial charge in [-0.2, -0.15) is 0 Å². The van der Waals surface area contributed by atoms with Crippen LogP contribution >= 0.6 is 0 Å². The van der Waals surface area contributed by atoms with Crippen molar-refractivity contribution in [2.45, 2.75) is 12.8 Å². The van der Waals surface area contributed by atoms with E-state index >= 15 is 0 Å². The van der Waals surface area contributed by atoms with E-state index in [1.165, 1.54) is 25.1 Å². The summed E-state index contributed by atoms with van der Waals surface area (Å²) in [6, 6.07) is 12.1. The minimum Gasteiger partial charge on any atom is -0.374 e. The number of ketones is 3. The standard InChI is InChI=1S/C21H18FNO3/c1-12(24)17(13-7-6-8-14(22)11-13)18-19(23(2)3)21(26)16-10-5-4-9-15(16)20(18)25/h4-11,17H,1-3H3. The van der Waals surface area contributed by atoms with Gasteiger partial charge in [0.05, 0.1) is 11.6 Å². The van der Waals surface area contributed by atoms with E-state index in [9.17, 15) is 18.8 Å². The van der Waals surface area contributed by atoms with Crippen molar-refractivity contribution in [1.82, 2.24) is 4.90 Å². The third kappa shape index (κ3) is 2.86. The first-order valence-electron chi connectivity index (χ1n) is 8.18. The molecule has 0 spiro atoms. The topological polar surface area (TPSA) is 54.5 Å². The molecule has 132 valence electrons. The molecule has 26 heavy (non-hydrogen) atoms. The zero-order valence-electron chi connectivity index (χ0n) is 14.7. The number of hydrogen-bond donors (Lipinski definition) is 0. The van der Waals surface area contributed by atoms with E-state index in [2.05, 4.69) is 0 Å². The summed E-state index contributed by atoms with van der Waals surface area (Å²) in [5.74, 6) is -2.54. The van der Waals surface area contributed by atoms with Crippen molar-refractivity contribution in [3.8, 4) is 0 Å². The summed E-state index contributed by atoms with van der Waals surface area (Å²) in [4.78, 5) is 40.2. The molecule has 0 amide bonds. The molecule has 5 heteroatoms. The lowest BCUT2D eigenvalue weighted by molar-refractivity contribution is -0.117. The van der Waals surface area contributed by atoms with Gasteiger partial charge in [0, 0.05) is 30.8 Å². The largest absolute Gasteiger partial charge is 0.374 e. The van der Waals surface area contributed by atoms with Crippen molar-refractivity contribution in [1.29, 1.82) is 0 Å². The second-order valence-electron chi connectivity index (χ2n) is 6.46. The number of fused-ring (bicyclic) bond motifs is 1. The molecule has 1 atom stereocenters. The number of Topliss-reactive ketones (excluding diaryl/α,β-unsaturated/α-hetero) is 3. The normalized spacial score (nSPS) is 14.9. The minimum atomic E-state index is -1.01. The van der Waals surface area contributed by atoms with Crippen molar-refractivity contribution < 1.29 is 18.8 Å². The number of rotatable bonds is 4. The van der Waals surface area contributed by atoms with Gasteiger partial charge in [-0.25, -0.2) is 4.39 Å². The third-order valence-corrected chi connectivity index (χ3v) is 4.46. The monoisotopic (exact) mass is 351 g/mol. The van der Waals surface area contributed by atoms with Crippen LogP contribution in [0.15, 0.2) is 59.8 Å². The van der Waals surface area contributed by atoms with Gasteiger partial charge < -0.3 is 4.90 Å². The Morgan fingerprint density at radius 2 is 1.58 bits per heavy atom. The summed E-state index contributed by atoms with van der Waals surface area (Å²) in [5.41, 5.74) is 1.19. The quantitative estimate of drug-likeness (QED) is 0.847. The maximum absolute atomic E-state index is 13.7. The van der Waals surface area contributed by atoms with Gasteiger partial charge in [-0.05, 0) is 24.6 Å². The fourth-order valence-electron chi connectivity index (χ4n) is 3.38. The number of likely N-dealkylation sites (N-methyl/N-ethyl adjacent to an activating group) is 1. The van der Waals surface area contributed by atoms with Crippen LogP contribution in [0.2, 0.25) is 0 Å². The van der Waals surface area contributed by atoms with Crippen LogP contribution in [0, 0.1) is 5.82 Å². The van der Waals surface area contributed by atoms with Gasteiger partial charge in [0.2, 0.25) is 5.78 Å². The van der Waals surface area contributed by atoms with E-state index < -0.39 is 11.7 Å². The number of benzene rings is 2.